The maximum Gasteiger partial charge on any atom is 0.416 e. The molecule has 0 N–H and O–H groups in total. The van der Waals surface area contributed by atoms with Gasteiger partial charge in [0.2, 0.25) is 0 Å². The fourth-order valence-electron chi connectivity index (χ4n) is 3.09. The average molecular weight is 403 g/mol. The molecule has 1 aromatic carbocycles. The van der Waals surface area contributed by atoms with Crippen LogP contribution in [0.2, 0.25) is 0 Å². The number of ether oxygens (including phenoxy) is 1. The lowest BCUT2D eigenvalue weighted by atomic mass is 10.0. The number of carbonyl (C=O) groups excluding carboxylic acids is 1. The van der Waals surface area contributed by atoms with Crippen molar-refractivity contribution in [2.75, 3.05) is 19.6 Å². The standard InChI is InChI=1S/C18H24F3N3O4/c1-12-10-22(7-8-23(12)16(25)28-17(2,3)4)11-13-5-6-14(24(26)27)9-15(13)18(19,20)21/h5-6,9,12H,7-8,10-11H2,1-4H3/t12-/m1/s1. The number of non-ortho nitro benzene ring substituents is 1. The van der Waals surface area contributed by atoms with Crippen LogP contribution in [0.3, 0.4) is 0 Å². The summed E-state index contributed by atoms with van der Waals surface area (Å²) < 4.78 is 45.4. The number of hydrogen-bond donors (Lipinski definition) is 0. The van der Waals surface area contributed by atoms with Crippen LogP contribution >= 0.6 is 0 Å². The minimum atomic E-state index is -4.69. The van der Waals surface area contributed by atoms with E-state index in [9.17, 15) is 28.1 Å². The van der Waals surface area contributed by atoms with Crippen LogP contribution in [0.15, 0.2) is 18.2 Å². The predicted octanol–water partition coefficient (Wildman–Crippen LogP) is 4.05. The zero-order valence-electron chi connectivity index (χ0n) is 16.2. The summed E-state index contributed by atoms with van der Waals surface area (Å²) in [6.45, 7) is 8.14. The molecule has 1 fully saturated rings. The number of hydrogen-bond acceptors (Lipinski definition) is 5. The van der Waals surface area contributed by atoms with Gasteiger partial charge in [-0.05, 0) is 33.3 Å². The third kappa shape index (κ3) is 5.57. The highest BCUT2D eigenvalue weighted by Gasteiger charge is 2.36. The van der Waals surface area contributed by atoms with Crippen LogP contribution < -0.4 is 0 Å². The van der Waals surface area contributed by atoms with E-state index in [1.807, 2.05) is 0 Å². The third-order valence-corrected chi connectivity index (χ3v) is 4.34. The van der Waals surface area contributed by atoms with Crippen molar-refractivity contribution in [1.29, 1.82) is 0 Å². The molecular weight excluding hydrogens is 379 g/mol. The lowest BCUT2D eigenvalue weighted by Gasteiger charge is -2.40. The van der Waals surface area contributed by atoms with Gasteiger partial charge in [-0.1, -0.05) is 6.07 Å². The first kappa shape index (κ1) is 21.9. The van der Waals surface area contributed by atoms with Gasteiger partial charge >= 0.3 is 12.3 Å². The van der Waals surface area contributed by atoms with Crippen LogP contribution in [0.1, 0.15) is 38.8 Å². The second-order valence-electron chi connectivity index (χ2n) is 7.85. The van der Waals surface area contributed by atoms with Gasteiger partial charge in [0.15, 0.2) is 0 Å². The van der Waals surface area contributed by atoms with Gasteiger partial charge in [0, 0.05) is 44.4 Å². The number of amides is 1. The Morgan fingerprint density at radius 1 is 1.29 bits per heavy atom. The quantitative estimate of drug-likeness (QED) is 0.562. The van der Waals surface area contributed by atoms with E-state index in [0.29, 0.717) is 25.7 Å². The lowest BCUT2D eigenvalue weighted by molar-refractivity contribution is -0.385. The molecule has 1 aliphatic heterocycles. The Morgan fingerprint density at radius 2 is 1.93 bits per heavy atom. The Labute approximate surface area is 161 Å². The highest BCUT2D eigenvalue weighted by molar-refractivity contribution is 5.68. The molecule has 1 saturated heterocycles. The first-order chi connectivity index (χ1) is 12.8. The average Bonchev–Trinajstić information content (AvgIpc) is 2.52. The van der Waals surface area contributed by atoms with Gasteiger partial charge in [0.05, 0.1) is 10.5 Å². The van der Waals surface area contributed by atoms with E-state index in [2.05, 4.69) is 0 Å². The second-order valence-corrected chi connectivity index (χ2v) is 7.85. The van der Waals surface area contributed by atoms with Crippen LogP contribution in [0.5, 0.6) is 0 Å². The van der Waals surface area contributed by atoms with E-state index < -0.39 is 34.0 Å². The molecule has 0 bridgehead atoms. The van der Waals surface area contributed by atoms with Crippen LogP contribution in [-0.2, 0) is 17.5 Å². The van der Waals surface area contributed by atoms with E-state index in [1.165, 1.54) is 0 Å². The Morgan fingerprint density at radius 3 is 2.43 bits per heavy atom. The number of nitro benzene ring substituents is 1. The van der Waals surface area contributed by atoms with Gasteiger partial charge in [-0.25, -0.2) is 4.79 Å². The van der Waals surface area contributed by atoms with E-state index in [1.54, 1.807) is 37.5 Å². The molecule has 156 valence electrons. The summed E-state index contributed by atoms with van der Waals surface area (Å²) in [7, 11) is 0. The third-order valence-electron chi connectivity index (χ3n) is 4.34. The number of piperazine rings is 1. The fourth-order valence-corrected chi connectivity index (χ4v) is 3.09. The molecule has 0 saturated carbocycles. The SMILES string of the molecule is C[C@@H]1CN(Cc2ccc([N+](=O)[O-])cc2C(F)(F)F)CCN1C(=O)OC(C)(C)C. The molecule has 28 heavy (non-hydrogen) atoms. The van der Waals surface area contributed by atoms with Crippen molar-refractivity contribution >= 4 is 11.8 Å². The molecule has 1 aliphatic rings. The summed E-state index contributed by atoms with van der Waals surface area (Å²) in [6, 6.07) is 2.54. The van der Waals surface area contributed by atoms with Crippen molar-refractivity contribution < 1.29 is 27.6 Å². The molecule has 0 aromatic heterocycles. The molecule has 1 heterocycles. The van der Waals surface area contributed by atoms with Crippen molar-refractivity contribution in [3.63, 3.8) is 0 Å². The Hall–Kier alpha value is -2.36. The van der Waals surface area contributed by atoms with Crippen molar-refractivity contribution in [1.82, 2.24) is 9.80 Å². The fraction of sp³-hybridized carbons (Fsp3) is 0.611. The molecule has 0 spiro atoms. The minimum absolute atomic E-state index is 0.0145. The number of benzene rings is 1. The molecule has 0 unspecified atom stereocenters. The zero-order chi connectivity index (χ0) is 21.3. The Bertz CT molecular complexity index is 747. The molecule has 1 atom stereocenters. The number of nitrogens with zero attached hydrogens (tertiary/aromatic N) is 3. The van der Waals surface area contributed by atoms with Gasteiger partial charge in [-0.3, -0.25) is 15.0 Å². The normalized spacial score (nSPS) is 18.8. The summed E-state index contributed by atoms with van der Waals surface area (Å²) >= 11 is 0. The molecule has 0 radical (unpaired) electrons. The lowest BCUT2D eigenvalue weighted by Crippen LogP contribution is -2.54. The summed E-state index contributed by atoms with van der Waals surface area (Å²) in [6.07, 6.45) is -5.14. The highest BCUT2D eigenvalue weighted by Crippen LogP contribution is 2.35. The van der Waals surface area contributed by atoms with Gasteiger partial charge in [0.25, 0.3) is 5.69 Å². The number of rotatable bonds is 3. The van der Waals surface area contributed by atoms with Crippen LogP contribution in [0.4, 0.5) is 23.7 Å². The largest absolute Gasteiger partial charge is 0.444 e. The smallest absolute Gasteiger partial charge is 0.416 e. The van der Waals surface area contributed by atoms with E-state index in [0.717, 1.165) is 12.1 Å². The number of alkyl halides is 3. The number of halogens is 3. The van der Waals surface area contributed by atoms with Gasteiger partial charge < -0.3 is 9.64 Å². The maximum absolute atomic E-state index is 13.3. The van der Waals surface area contributed by atoms with Crippen LogP contribution in [-0.4, -0.2) is 52.1 Å². The van der Waals surface area contributed by atoms with Crippen molar-refractivity contribution in [3.8, 4) is 0 Å². The summed E-state index contributed by atoms with van der Waals surface area (Å²) in [5.74, 6) is 0. The first-order valence-electron chi connectivity index (χ1n) is 8.84. The predicted molar refractivity (Wildman–Crippen MR) is 95.8 cm³/mol. The van der Waals surface area contributed by atoms with E-state index in [4.69, 9.17) is 4.74 Å². The van der Waals surface area contributed by atoms with Crippen LogP contribution in [0.25, 0.3) is 0 Å². The summed E-state index contributed by atoms with van der Waals surface area (Å²) in [5.41, 5.74) is -2.27. The molecular formula is C18H24F3N3O4. The first-order valence-corrected chi connectivity index (χ1v) is 8.84. The number of nitro groups is 1. The summed E-state index contributed by atoms with van der Waals surface area (Å²) in [4.78, 5) is 25.6. The summed E-state index contributed by atoms with van der Waals surface area (Å²) in [5, 5.41) is 10.8. The zero-order valence-corrected chi connectivity index (χ0v) is 16.2. The molecule has 0 aliphatic carbocycles. The highest BCUT2D eigenvalue weighted by atomic mass is 19.4. The van der Waals surface area contributed by atoms with Gasteiger partial charge in [0.1, 0.15) is 5.60 Å². The van der Waals surface area contributed by atoms with E-state index in [-0.39, 0.29) is 18.2 Å². The van der Waals surface area contributed by atoms with Crippen molar-refractivity contribution in [3.05, 3.63) is 39.4 Å². The Balaban J connectivity index is 2.12. The number of carbonyl (C=O) groups is 1. The minimum Gasteiger partial charge on any atom is -0.444 e. The van der Waals surface area contributed by atoms with Gasteiger partial charge in [-0.15, -0.1) is 0 Å². The molecule has 1 amide bonds. The molecule has 2 rings (SSSR count). The second kappa shape index (κ2) is 7.94. The van der Waals surface area contributed by atoms with Gasteiger partial charge in [-0.2, -0.15) is 13.2 Å². The molecule has 1 aromatic rings. The Kier molecular flexibility index (Phi) is 6.22. The molecule has 10 heteroatoms. The topological polar surface area (TPSA) is 75.9 Å². The van der Waals surface area contributed by atoms with E-state index >= 15 is 0 Å². The maximum atomic E-state index is 13.3. The monoisotopic (exact) mass is 403 g/mol. The van der Waals surface area contributed by atoms with Crippen molar-refractivity contribution in [2.24, 2.45) is 0 Å². The van der Waals surface area contributed by atoms with Crippen LogP contribution in [0, 0.1) is 10.1 Å². The molecule has 7 nitrogen and oxygen atoms in total. The van der Waals surface area contributed by atoms with Crippen molar-refractivity contribution in [2.45, 2.75) is 52.1 Å².